The van der Waals surface area contributed by atoms with Crippen LogP contribution in [0.3, 0.4) is 0 Å². The SMILES string of the molecule is Oc1nc(N(O)C[C@H](O)c2ccccc2)[nH]c1C=c1ccc2c(c1)N=CN=2. The summed E-state index contributed by atoms with van der Waals surface area (Å²) < 4.78 is 0. The maximum Gasteiger partial charge on any atom is 0.238 e. The minimum Gasteiger partial charge on any atom is -0.492 e. The number of nitrogens with one attached hydrogen (secondary N) is 1. The maximum atomic E-state index is 10.2. The van der Waals surface area contributed by atoms with Gasteiger partial charge in [-0.2, -0.15) is 4.98 Å². The third kappa shape index (κ3) is 3.57. The Morgan fingerprint density at radius 3 is 2.78 bits per heavy atom. The second-order valence-electron chi connectivity index (χ2n) is 6.07. The molecule has 4 rings (SSSR count). The number of fused-ring (bicyclic) bond motifs is 1. The van der Waals surface area contributed by atoms with Gasteiger partial charge in [0.1, 0.15) is 12.0 Å². The highest BCUT2D eigenvalue weighted by Crippen LogP contribution is 2.21. The predicted molar refractivity (Wildman–Crippen MR) is 99.7 cm³/mol. The molecule has 0 spiro atoms. The highest BCUT2D eigenvalue weighted by Gasteiger charge is 2.17. The molecule has 1 aliphatic heterocycles. The number of hydrogen-bond donors (Lipinski definition) is 4. The Kier molecular flexibility index (Phi) is 4.41. The normalized spacial score (nSPS) is 14.1. The molecule has 4 N–H and O–H groups in total. The van der Waals surface area contributed by atoms with Crippen molar-refractivity contribution in [3.05, 3.63) is 70.4 Å². The Balaban J connectivity index is 1.55. The van der Waals surface area contributed by atoms with Crippen molar-refractivity contribution in [3.63, 3.8) is 0 Å². The fourth-order valence-electron chi connectivity index (χ4n) is 2.78. The van der Waals surface area contributed by atoms with Crippen molar-refractivity contribution in [3.8, 4) is 5.88 Å². The van der Waals surface area contributed by atoms with E-state index in [1.807, 2.05) is 24.3 Å². The van der Waals surface area contributed by atoms with E-state index in [4.69, 9.17) is 0 Å². The van der Waals surface area contributed by atoms with Crippen molar-refractivity contribution in [1.82, 2.24) is 9.97 Å². The smallest absolute Gasteiger partial charge is 0.238 e. The second kappa shape index (κ2) is 7.02. The summed E-state index contributed by atoms with van der Waals surface area (Å²) in [6.07, 6.45) is 2.26. The number of hydroxylamine groups is 1. The molecular weight excluding hydrogens is 346 g/mol. The Morgan fingerprint density at radius 2 is 1.96 bits per heavy atom. The number of hydrogen-bond acceptors (Lipinski definition) is 7. The molecule has 0 saturated carbocycles. The maximum absolute atomic E-state index is 10.2. The first kappa shape index (κ1) is 17.0. The van der Waals surface area contributed by atoms with Crippen LogP contribution in [0, 0.1) is 0 Å². The number of aromatic nitrogens is 2. The van der Waals surface area contributed by atoms with Gasteiger partial charge in [-0.15, -0.1) is 0 Å². The van der Waals surface area contributed by atoms with Crippen LogP contribution in [0.15, 0.2) is 58.5 Å². The van der Waals surface area contributed by atoms with Crippen LogP contribution in [0.5, 0.6) is 5.88 Å². The van der Waals surface area contributed by atoms with Crippen molar-refractivity contribution < 1.29 is 15.4 Å². The second-order valence-corrected chi connectivity index (χ2v) is 6.07. The summed E-state index contributed by atoms with van der Waals surface area (Å²) in [5, 5.41) is 32.8. The predicted octanol–water partition coefficient (Wildman–Crippen LogP) is 1.17. The summed E-state index contributed by atoms with van der Waals surface area (Å²) in [6.45, 7) is -0.106. The standard InChI is InChI=1S/C19H17N5O3/c25-17(13-4-2-1-3-5-13)10-24(27)19-22-16(18(26)23-19)9-12-6-7-14-15(8-12)21-11-20-14/h1-9,11,17,25-27H,10H2,(H,22,23)/t17-/m0/s1. The number of aromatic hydroxyl groups is 1. The average Bonchev–Trinajstić information content (AvgIpc) is 3.29. The first-order valence-electron chi connectivity index (χ1n) is 8.31. The number of aliphatic hydroxyl groups is 1. The molecule has 27 heavy (non-hydrogen) atoms. The quantitative estimate of drug-likeness (QED) is 0.508. The fourth-order valence-corrected chi connectivity index (χ4v) is 2.78. The zero-order valence-electron chi connectivity index (χ0n) is 14.2. The molecule has 1 atom stereocenters. The van der Waals surface area contributed by atoms with Gasteiger partial charge in [0.05, 0.1) is 23.7 Å². The highest BCUT2D eigenvalue weighted by molar-refractivity contribution is 5.67. The van der Waals surface area contributed by atoms with Crippen molar-refractivity contribution >= 4 is 24.1 Å². The number of aliphatic hydroxyl groups excluding tert-OH is 1. The topological polar surface area (TPSA) is 117 Å². The van der Waals surface area contributed by atoms with E-state index in [1.165, 1.54) is 6.34 Å². The molecule has 0 fully saturated rings. The Hall–Kier alpha value is -3.49. The van der Waals surface area contributed by atoms with Gasteiger partial charge in [0, 0.05) is 0 Å². The van der Waals surface area contributed by atoms with E-state index in [2.05, 4.69) is 20.0 Å². The minimum absolute atomic E-state index is 0.0305. The minimum atomic E-state index is -0.908. The van der Waals surface area contributed by atoms with Gasteiger partial charge < -0.3 is 15.2 Å². The number of anilines is 1. The summed E-state index contributed by atoms with van der Waals surface area (Å²) in [5.41, 5.74) is 1.75. The van der Waals surface area contributed by atoms with Gasteiger partial charge in [0.15, 0.2) is 0 Å². The largest absolute Gasteiger partial charge is 0.492 e. The lowest BCUT2D eigenvalue weighted by Gasteiger charge is -2.18. The van der Waals surface area contributed by atoms with Gasteiger partial charge in [-0.3, -0.25) is 5.21 Å². The summed E-state index contributed by atoms with van der Waals surface area (Å²) >= 11 is 0. The third-order valence-electron chi connectivity index (χ3n) is 4.18. The number of rotatable bonds is 5. The summed E-state index contributed by atoms with van der Waals surface area (Å²) in [6, 6.07) is 14.5. The molecule has 136 valence electrons. The zero-order valence-corrected chi connectivity index (χ0v) is 14.2. The van der Waals surface area contributed by atoms with Crippen molar-refractivity contribution in [1.29, 1.82) is 0 Å². The molecule has 2 aromatic carbocycles. The van der Waals surface area contributed by atoms with E-state index in [0.717, 1.165) is 21.3 Å². The molecule has 1 aromatic heterocycles. The molecule has 0 aliphatic carbocycles. The van der Waals surface area contributed by atoms with E-state index < -0.39 is 6.10 Å². The van der Waals surface area contributed by atoms with E-state index in [-0.39, 0.29) is 18.4 Å². The Morgan fingerprint density at radius 1 is 1.15 bits per heavy atom. The zero-order chi connectivity index (χ0) is 18.8. The van der Waals surface area contributed by atoms with Crippen LogP contribution >= 0.6 is 0 Å². The molecule has 0 amide bonds. The van der Waals surface area contributed by atoms with Crippen LogP contribution in [-0.4, -0.2) is 38.3 Å². The molecule has 0 unspecified atom stereocenters. The highest BCUT2D eigenvalue weighted by atomic mass is 16.5. The summed E-state index contributed by atoms with van der Waals surface area (Å²) in [7, 11) is 0. The molecule has 2 heterocycles. The van der Waals surface area contributed by atoms with Crippen LogP contribution in [0.4, 0.5) is 11.6 Å². The number of benzene rings is 2. The van der Waals surface area contributed by atoms with E-state index in [1.54, 1.807) is 30.3 Å². The van der Waals surface area contributed by atoms with Crippen LogP contribution in [0.25, 0.3) is 6.08 Å². The van der Waals surface area contributed by atoms with Gasteiger partial charge in [-0.25, -0.2) is 15.0 Å². The lowest BCUT2D eigenvalue weighted by molar-refractivity contribution is 0.136. The van der Waals surface area contributed by atoms with Crippen LogP contribution in [0.1, 0.15) is 17.4 Å². The molecule has 3 aromatic rings. The number of nitrogens with zero attached hydrogens (tertiary/aromatic N) is 4. The summed E-state index contributed by atoms with van der Waals surface area (Å²) in [4.78, 5) is 15.0. The number of imidazole rings is 1. The van der Waals surface area contributed by atoms with Crippen LogP contribution < -0.4 is 15.6 Å². The number of aromatic amines is 1. The molecule has 0 radical (unpaired) electrons. The molecule has 0 bridgehead atoms. The van der Waals surface area contributed by atoms with Gasteiger partial charge in [0.25, 0.3) is 0 Å². The molecule has 8 nitrogen and oxygen atoms in total. The lowest BCUT2D eigenvalue weighted by atomic mass is 10.1. The van der Waals surface area contributed by atoms with Gasteiger partial charge in [0.2, 0.25) is 11.8 Å². The number of aliphatic imine (C=N–C) groups is 1. The van der Waals surface area contributed by atoms with E-state index in [0.29, 0.717) is 11.3 Å². The average molecular weight is 363 g/mol. The fraction of sp³-hybridized carbons (Fsp3) is 0.105. The van der Waals surface area contributed by atoms with E-state index >= 15 is 0 Å². The van der Waals surface area contributed by atoms with Crippen molar-refractivity contribution in [2.75, 3.05) is 11.6 Å². The molecule has 8 heteroatoms. The van der Waals surface area contributed by atoms with Crippen molar-refractivity contribution in [2.45, 2.75) is 6.10 Å². The number of H-pyrrole nitrogens is 1. The van der Waals surface area contributed by atoms with Gasteiger partial charge >= 0.3 is 0 Å². The molecule has 0 saturated heterocycles. The first-order valence-corrected chi connectivity index (χ1v) is 8.31. The van der Waals surface area contributed by atoms with Crippen molar-refractivity contribution in [2.24, 2.45) is 9.98 Å². The van der Waals surface area contributed by atoms with Crippen LogP contribution in [0.2, 0.25) is 0 Å². The third-order valence-corrected chi connectivity index (χ3v) is 4.18. The molecular formula is C19H17N5O3. The van der Waals surface area contributed by atoms with Gasteiger partial charge in [-0.1, -0.05) is 36.4 Å². The van der Waals surface area contributed by atoms with E-state index in [9.17, 15) is 15.4 Å². The summed E-state index contributed by atoms with van der Waals surface area (Å²) in [5.74, 6) is -0.227. The lowest BCUT2D eigenvalue weighted by Crippen LogP contribution is -2.25. The Labute approximate surface area is 154 Å². The monoisotopic (exact) mass is 363 g/mol. The Bertz CT molecular complexity index is 1110. The molecule has 1 aliphatic rings. The van der Waals surface area contributed by atoms with Gasteiger partial charge in [-0.05, 0) is 29.0 Å². The first-order chi connectivity index (χ1) is 13.1. The van der Waals surface area contributed by atoms with Crippen LogP contribution in [-0.2, 0) is 0 Å².